The minimum Gasteiger partial charge on any atom is -0.378 e. The molecule has 3 nitrogen and oxygen atoms in total. The van der Waals surface area contributed by atoms with Gasteiger partial charge < -0.3 is 10.1 Å². The van der Waals surface area contributed by atoms with Crippen LogP contribution in [0.5, 0.6) is 0 Å². The molecule has 106 valence electrons. The average molecular weight is 270 g/mol. The van der Waals surface area contributed by atoms with Crippen molar-refractivity contribution < 1.29 is 4.74 Å². The molecule has 20 heavy (non-hydrogen) atoms. The fourth-order valence-electron chi connectivity index (χ4n) is 2.96. The Morgan fingerprint density at radius 2 is 2.20 bits per heavy atom. The van der Waals surface area contributed by atoms with Crippen molar-refractivity contribution in [2.24, 2.45) is 0 Å². The Hall–Kier alpha value is -1.45. The average Bonchev–Trinajstić information content (AvgIpc) is 2.48. The summed E-state index contributed by atoms with van der Waals surface area (Å²) in [6.07, 6.45) is 5.53. The van der Waals surface area contributed by atoms with E-state index >= 15 is 0 Å². The van der Waals surface area contributed by atoms with Gasteiger partial charge in [0, 0.05) is 24.2 Å². The summed E-state index contributed by atoms with van der Waals surface area (Å²) < 4.78 is 5.58. The van der Waals surface area contributed by atoms with Gasteiger partial charge in [0.15, 0.2) is 0 Å². The number of fused-ring (bicyclic) bond motifs is 1. The van der Waals surface area contributed by atoms with E-state index in [1.54, 1.807) is 0 Å². The number of aromatic nitrogens is 1. The van der Waals surface area contributed by atoms with E-state index in [9.17, 15) is 0 Å². The molecule has 1 aliphatic rings. The van der Waals surface area contributed by atoms with Crippen LogP contribution in [0.3, 0.4) is 0 Å². The first-order valence-corrected chi connectivity index (χ1v) is 7.50. The van der Waals surface area contributed by atoms with Gasteiger partial charge >= 0.3 is 0 Å². The van der Waals surface area contributed by atoms with E-state index in [0.717, 1.165) is 37.9 Å². The molecular weight excluding hydrogens is 248 g/mol. The van der Waals surface area contributed by atoms with Gasteiger partial charge in [-0.15, -0.1) is 0 Å². The highest BCUT2D eigenvalue weighted by Crippen LogP contribution is 2.17. The normalized spacial score (nSPS) is 23.1. The topological polar surface area (TPSA) is 34.2 Å². The fraction of sp³-hybridized carbons (Fsp3) is 0.471. The Labute approximate surface area is 120 Å². The Morgan fingerprint density at radius 1 is 1.30 bits per heavy atom. The number of ether oxygens (including phenoxy) is 1. The van der Waals surface area contributed by atoms with Crippen LogP contribution in [-0.4, -0.2) is 30.3 Å². The molecule has 2 heterocycles. The highest BCUT2D eigenvalue weighted by atomic mass is 16.5. The van der Waals surface area contributed by atoms with Gasteiger partial charge in [-0.05, 0) is 44.4 Å². The molecule has 1 N–H and O–H groups in total. The number of para-hydroxylation sites is 1. The maximum Gasteiger partial charge on any atom is 0.0734 e. The minimum absolute atomic E-state index is 0.389. The Morgan fingerprint density at radius 3 is 3.10 bits per heavy atom. The molecule has 2 aromatic rings. The second-order valence-electron chi connectivity index (χ2n) is 5.60. The molecule has 2 atom stereocenters. The molecule has 1 aromatic heterocycles. The molecule has 1 saturated heterocycles. The van der Waals surface area contributed by atoms with Crippen LogP contribution in [-0.2, 0) is 11.2 Å². The smallest absolute Gasteiger partial charge is 0.0734 e. The number of benzene rings is 1. The third-order valence-electron chi connectivity index (χ3n) is 4.03. The van der Waals surface area contributed by atoms with Crippen molar-refractivity contribution in [3.63, 3.8) is 0 Å². The zero-order chi connectivity index (χ0) is 13.8. The van der Waals surface area contributed by atoms with Crippen LogP contribution < -0.4 is 5.32 Å². The number of nitrogens with zero attached hydrogens (tertiary/aromatic N) is 1. The third kappa shape index (κ3) is 3.17. The molecule has 3 rings (SSSR count). The zero-order valence-corrected chi connectivity index (χ0v) is 12.0. The van der Waals surface area contributed by atoms with Crippen molar-refractivity contribution in [3.05, 3.63) is 42.1 Å². The maximum absolute atomic E-state index is 5.58. The molecule has 0 aliphatic carbocycles. The van der Waals surface area contributed by atoms with Crippen molar-refractivity contribution in [3.8, 4) is 0 Å². The standard InChI is InChI=1S/C17H22N2O/c1-13-12-16(8-11-20-13)18-10-7-15-5-2-4-14-6-3-9-19-17(14)15/h2-6,9,13,16,18H,7-8,10-12H2,1H3. The molecule has 0 spiro atoms. The SMILES string of the molecule is CC1CC(NCCc2cccc3cccnc23)CCO1. The first-order valence-electron chi connectivity index (χ1n) is 7.50. The van der Waals surface area contributed by atoms with Crippen molar-refractivity contribution in [1.82, 2.24) is 10.3 Å². The van der Waals surface area contributed by atoms with Crippen LogP contribution in [0.1, 0.15) is 25.3 Å². The molecule has 1 aliphatic heterocycles. The molecular formula is C17H22N2O. The summed E-state index contributed by atoms with van der Waals surface area (Å²) in [5.74, 6) is 0. The number of rotatable bonds is 4. The van der Waals surface area contributed by atoms with E-state index in [2.05, 4.69) is 41.5 Å². The van der Waals surface area contributed by atoms with E-state index < -0.39 is 0 Å². The Balaban J connectivity index is 1.60. The lowest BCUT2D eigenvalue weighted by Gasteiger charge is -2.28. The molecule has 0 bridgehead atoms. The van der Waals surface area contributed by atoms with Crippen LogP contribution in [0.25, 0.3) is 10.9 Å². The van der Waals surface area contributed by atoms with E-state index in [-0.39, 0.29) is 0 Å². The quantitative estimate of drug-likeness (QED) is 0.927. The predicted molar refractivity (Wildman–Crippen MR) is 81.9 cm³/mol. The first-order chi connectivity index (χ1) is 9.83. The van der Waals surface area contributed by atoms with Crippen molar-refractivity contribution in [2.45, 2.75) is 38.3 Å². The molecule has 3 heteroatoms. The first kappa shape index (κ1) is 13.5. The van der Waals surface area contributed by atoms with Gasteiger partial charge in [-0.1, -0.05) is 24.3 Å². The fourth-order valence-corrected chi connectivity index (χ4v) is 2.96. The Bertz CT molecular complexity index is 564. The monoisotopic (exact) mass is 270 g/mol. The lowest BCUT2D eigenvalue weighted by molar-refractivity contribution is 0.0135. The van der Waals surface area contributed by atoms with Crippen molar-refractivity contribution in [2.75, 3.05) is 13.2 Å². The van der Waals surface area contributed by atoms with Gasteiger partial charge in [-0.2, -0.15) is 0 Å². The van der Waals surface area contributed by atoms with E-state index in [1.807, 2.05) is 12.3 Å². The summed E-state index contributed by atoms with van der Waals surface area (Å²) in [6, 6.07) is 11.1. The summed E-state index contributed by atoms with van der Waals surface area (Å²) in [4.78, 5) is 4.51. The van der Waals surface area contributed by atoms with Crippen LogP contribution in [0.2, 0.25) is 0 Å². The lowest BCUT2D eigenvalue weighted by atomic mass is 10.0. The highest BCUT2D eigenvalue weighted by Gasteiger charge is 2.18. The molecule has 1 aromatic carbocycles. The zero-order valence-electron chi connectivity index (χ0n) is 12.0. The van der Waals surface area contributed by atoms with Crippen molar-refractivity contribution >= 4 is 10.9 Å². The molecule has 1 fully saturated rings. The van der Waals surface area contributed by atoms with Gasteiger partial charge in [0.05, 0.1) is 11.6 Å². The summed E-state index contributed by atoms with van der Waals surface area (Å²) in [5, 5.41) is 4.88. The number of hydrogen-bond donors (Lipinski definition) is 1. The predicted octanol–water partition coefficient (Wildman–Crippen LogP) is 2.93. The number of pyridine rings is 1. The highest BCUT2D eigenvalue weighted by molar-refractivity contribution is 5.81. The van der Waals surface area contributed by atoms with Gasteiger partial charge in [0.25, 0.3) is 0 Å². The molecule has 0 amide bonds. The largest absolute Gasteiger partial charge is 0.378 e. The summed E-state index contributed by atoms with van der Waals surface area (Å²) in [7, 11) is 0. The van der Waals surface area contributed by atoms with Gasteiger partial charge in [0.1, 0.15) is 0 Å². The van der Waals surface area contributed by atoms with Gasteiger partial charge in [-0.3, -0.25) is 4.98 Å². The number of hydrogen-bond acceptors (Lipinski definition) is 3. The maximum atomic E-state index is 5.58. The van der Waals surface area contributed by atoms with Crippen LogP contribution in [0.4, 0.5) is 0 Å². The molecule has 2 unspecified atom stereocenters. The van der Waals surface area contributed by atoms with Crippen LogP contribution in [0.15, 0.2) is 36.5 Å². The molecule has 0 saturated carbocycles. The second kappa shape index (κ2) is 6.33. The van der Waals surface area contributed by atoms with E-state index in [1.165, 1.54) is 10.9 Å². The van der Waals surface area contributed by atoms with Crippen LogP contribution >= 0.6 is 0 Å². The Kier molecular flexibility index (Phi) is 4.28. The van der Waals surface area contributed by atoms with Gasteiger partial charge in [-0.25, -0.2) is 0 Å². The second-order valence-corrected chi connectivity index (χ2v) is 5.60. The van der Waals surface area contributed by atoms with Gasteiger partial charge in [0.2, 0.25) is 0 Å². The van der Waals surface area contributed by atoms with E-state index in [4.69, 9.17) is 4.74 Å². The summed E-state index contributed by atoms with van der Waals surface area (Å²) in [6.45, 7) is 4.05. The lowest BCUT2D eigenvalue weighted by Crippen LogP contribution is -2.38. The van der Waals surface area contributed by atoms with Crippen molar-refractivity contribution in [1.29, 1.82) is 0 Å². The minimum atomic E-state index is 0.389. The van der Waals surface area contributed by atoms with E-state index in [0.29, 0.717) is 12.1 Å². The third-order valence-corrected chi connectivity index (χ3v) is 4.03. The number of nitrogens with one attached hydrogen (secondary N) is 1. The van der Waals surface area contributed by atoms with Crippen LogP contribution in [0, 0.1) is 0 Å². The summed E-state index contributed by atoms with van der Waals surface area (Å²) in [5.41, 5.74) is 2.47. The molecule has 0 radical (unpaired) electrons. The summed E-state index contributed by atoms with van der Waals surface area (Å²) >= 11 is 0.